The Morgan fingerprint density at radius 3 is 2.73 bits per heavy atom. The van der Waals surface area contributed by atoms with Gasteiger partial charge in [-0.15, -0.1) is 0 Å². The van der Waals surface area contributed by atoms with Crippen LogP contribution in [0.25, 0.3) is 6.08 Å². The lowest BCUT2D eigenvalue weighted by atomic mass is 10.1. The number of carbonyl (C=O) groups excluding carboxylic acids is 1. The molecule has 0 saturated carbocycles. The minimum Gasteiger partial charge on any atom is -0.504 e. The zero-order valence-electron chi connectivity index (χ0n) is 15.7. The van der Waals surface area contributed by atoms with Crippen LogP contribution in [0, 0.1) is 15.9 Å². The number of hydrogen-bond acceptors (Lipinski definition) is 7. The van der Waals surface area contributed by atoms with Gasteiger partial charge < -0.3 is 19.0 Å². The number of rotatable bonds is 8. The maximum absolute atomic E-state index is 13.3. The van der Waals surface area contributed by atoms with Crippen LogP contribution in [0.5, 0.6) is 17.2 Å². The van der Waals surface area contributed by atoms with E-state index in [9.17, 15) is 24.4 Å². The quantitative estimate of drug-likeness (QED) is 0.250. The highest BCUT2D eigenvalue weighted by atomic mass is 19.1. The van der Waals surface area contributed by atoms with Gasteiger partial charge in [0.2, 0.25) is 0 Å². The second-order valence-corrected chi connectivity index (χ2v) is 6.05. The molecular weight excluding hydrogens is 397 g/mol. The van der Waals surface area contributed by atoms with Crippen molar-refractivity contribution >= 4 is 17.5 Å². The van der Waals surface area contributed by atoms with Crippen LogP contribution in [0.4, 0.5) is 10.1 Å². The predicted octanol–water partition coefficient (Wildman–Crippen LogP) is 4.52. The van der Waals surface area contributed by atoms with Crippen molar-refractivity contribution in [3.8, 4) is 17.2 Å². The first-order valence-corrected chi connectivity index (χ1v) is 8.62. The summed E-state index contributed by atoms with van der Waals surface area (Å²) in [4.78, 5) is 22.6. The maximum Gasteiger partial charge on any atom is 0.311 e. The molecule has 1 aromatic heterocycles. The molecule has 2 aromatic carbocycles. The lowest BCUT2D eigenvalue weighted by molar-refractivity contribution is -0.386. The Balaban J connectivity index is 1.66. The third-order valence-corrected chi connectivity index (χ3v) is 4.03. The molecule has 0 aliphatic heterocycles. The summed E-state index contributed by atoms with van der Waals surface area (Å²) in [7, 11) is 1.38. The molecule has 3 rings (SSSR count). The van der Waals surface area contributed by atoms with Gasteiger partial charge in [-0.05, 0) is 48.6 Å². The molecule has 0 bridgehead atoms. The molecule has 0 amide bonds. The van der Waals surface area contributed by atoms with E-state index in [2.05, 4.69) is 0 Å². The van der Waals surface area contributed by atoms with Gasteiger partial charge >= 0.3 is 5.69 Å². The zero-order chi connectivity index (χ0) is 21.7. The Hall–Kier alpha value is -4.14. The zero-order valence-corrected chi connectivity index (χ0v) is 15.7. The molecule has 0 radical (unpaired) electrons. The number of carbonyl (C=O) groups is 1. The van der Waals surface area contributed by atoms with E-state index in [0.717, 1.165) is 18.2 Å². The van der Waals surface area contributed by atoms with E-state index < -0.39 is 10.7 Å². The molecule has 30 heavy (non-hydrogen) atoms. The fourth-order valence-corrected chi connectivity index (χ4v) is 2.55. The highest BCUT2D eigenvalue weighted by Crippen LogP contribution is 2.29. The van der Waals surface area contributed by atoms with Gasteiger partial charge in [-0.3, -0.25) is 14.9 Å². The van der Waals surface area contributed by atoms with Crippen molar-refractivity contribution in [2.75, 3.05) is 7.11 Å². The molecule has 1 N–H and O–H groups in total. The van der Waals surface area contributed by atoms with Gasteiger partial charge in [-0.2, -0.15) is 0 Å². The highest BCUT2D eigenvalue weighted by Gasteiger charge is 2.16. The predicted molar refractivity (Wildman–Crippen MR) is 104 cm³/mol. The lowest BCUT2D eigenvalue weighted by Crippen LogP contribution is -1.99. The summed E-state index contributed by atoms with van der Waals surface area (Å²) in [6.45, 7) is -0.165. The first-order valence-electron chi connectivity index (χ1n) is 8.62. The third kappa shape index (κ3) is 4.82. The van der Waals surface area contributed by atoms with Gasteiger partial charge in [0.15, 0.2) is 23.0 Å². The number of allylic oxidation sites excluding steroid dienone is 1. The van der Waals surface area contributed by atoms with Gasteiger partial charge in [0.25, 0.3) is 0 Å². The van der Waals surface area contributed by atoms with Gasteiger partial charge in [0.1, 0.15) is 23.9 Å². The van der Waals surface area contributed by atoms with Crippen LogP contribution in [-0.2, 0) is 6.61 Å². The molecule has 0 aliphatic carbocycles. The number of nitro benzene ring substituents is 1. The molecule has 154 valence electrons. The molecule has 0 spiro atoms. The minimum absolute atomic E-state index is 0.0766. The standard InChI is InChI=1S/C21H16FNO7/c1-28-21-10-13(2-8-19(21)25)18(24)9-6-15-4-5-16(30-15)12-29-20-11-14(22)3-7-17(20)23(26)27/h2-11,25H,12H2,1H3/b9-6+. The summed E-state index contributed by atoms with van der Waals surface area (Å²) in [5, 5.41) is 20.6. The van der Waals surface area contributed by atoms with E-state index in [0.29, 0.717) is 17.1 Å². The number of phenolic OH excluding ortho intramolecular Hbond substituents is 1. The van der Waals surface area contributed by atoms with Crippen molar-refractivity contribution in [3.63, 3.8) is 0 Å². The Morgan fingerprint density at radius 2 is 2.00 bits per heavy atom. The van der Waals surface area contributed by atoms with Gasteiger partial charge in [-0.25, -0.2) is 4.39 Å². The Labute approximate surface area is 169 Å². The molecule has 0 fully saturated rings. The summed E-state index contributed by atoms with van der Waals surface area (Å²) >= 11 is 0. The van der Waals surface area contributed by atoms with E-state index in [1.165, 1.54) is 37.5 Å². The molecule has 1 heterocycles. The number of hydrogen-bond donors (Lipinski definition) is 1. The summed E-state index contributed by atoms with van der Waals surface area (Å²) in [6, 6.07) is 10.3. The van der Waals surface area contributed by atoms with Crippen molar-refractivity contribution in [2.24, 2.45) is 0 Å². The first kappa shape index (κ1) is 20.6. The molecular formula is C21H16FNO7. The van der Waals surface area contributed by atoms with Crippen molar-refractivity contribution in [3.05, 3.63) is 87.6 Å². The fourth-order valence-electron chi connectivity index (χ4n) is 2.55. The molecule has 0 atom stereocenters. The second kappa shape index (κ2) is 8.91. The first-order chi connectivity index (χ1) is 14.4. The molecule has 0 unspecified atom stereocenters. The van der Waals surface area contributed by atoms with Crippen LogP contribution >= 0.6 is 0 Å². The number of ketones is 1. The number of methoxy groups -OCH3 is 1. The number of ether oxygens (including phenoxy) is 2. The van der Waals surface area contributed by atoms with E-state index in [-0.39, 0.29) is 35.3 Å². The number of nitro groups is 1. The molecule has 3 aromatic rings. The number of halogens is 1. The van der Waals surface area contributed by atoms with E-state index >= 15 is 0 Å². The Kier molecular flexibility index (Phi) is 6.11. The number of furan rings is 1. The average Bonchev–Trinajstić information content (AvgIpc) is 3.18. The van der Waals surface area contributed by atoms with Crippen LogP contribution in [-0.4, -0.2) is 22.9 Å². The van der Waals surface area contributed by atoms with Crippen LogP contribution < -0.4 is 9.47 Å². The summed E-state index contributed by atoms with van der Waals surface area (Å²) < 4.78 is 29.1. The summed E-state index contributed by atoms with van der Waals surface area (Å²) in [6.07, 6.45) is 2.72. The minimum atomic E-state index is -0.672. The number of benzene rings is 2. The fraction of sp³-hybridized carbons (Fsp3) is 0.0952. The number of aromatic hydroxyl groups is 1. The number of nitrogens with zero attached hydrogens (tertiary/aromatic N) is 1. The topological polar surface area (TPSA) is 112 Å². The monoisotopic (exact) mass is 413 g/mol. The maximum atomic E-state index is 13.3. The van der Waals surface area contributed by atoms with Crippen molar-refractivity contribution in [2.45, 2.75) is 6.61 Å². The van der Waals surface area contributed by atoms with Crippen molar-refractivity contribution in [1.82, 2.24) is 0 Å². The van der Waals surface area contributed by atoms with E-state index in [1.807, 2.05) is 0 Å². The average molecular weight is 413 g/mol. The van der Waals surface area contributed by atoms with Crippen molar-refractivity contribution in [1.29, 1.82) is 0 Å². The van der Waals surface area contributed by atoms with Crippen LogP contribution in [0.15, 0.2) is 59.0 Å². The van der Waals surface area contributed by atoms with E-state index in [1.54, 1.807) is 12.1 Å². The van der Waals surface area contributed by atoms with E-state index in [4.69, 9.17) is 13.9 Å². The van der Waals surface area contributed by atoms with Gasteiger partial charge in [0.05, 0.1) is 12.0 Å². The second-order valence-electron chi connectivity index (χ2n) is 6.05. The number of phenols is 1. The van der Waals surface area contributed by atoms with Gasteiger partial charge in [-0.1, -0.05) is 0 Å². The molecule has 8 nitrogen and oxygen atoms in total. The highest BCUT2D eigenvalue weighted by molar-refractivity contribution is 6.07. The normalized spacial score (nSPS) is 10.9. The Bertz CT molecular complexity index is 1120. The largest absolute Gasteiger partial charge is 0.504 e. The molecule has 0 saturated heterocycles. The van der Waals surface area contributed by atoms with Crippen LogP contribution in [0.1, 0.15) is 21.9 Å². The smallest absolute Gasteiger partial charge is 0.311 e. The van der Waals surface area contributed by atoms with Crippen LogP contribution in [0.2, 0.25) is 0 Å². The summed E-state index contributed by atoms with van der Waals surface area (Å²) in [5.41, 5.74) is -0.0487. The lowest BCUT2D eigenvalue weighted by Gasteiger charge is -2.05. The third-order valence-electron chi connectivity index (χ3n) is 4.03. The molecule has 0 aliphatic rings. The van der Waals surface area contributed by atoms with Gasteiger partial charge in [0, 0.05) is 17.7 Å². The summed E-state index contributed by atoms with van der Waals surface area (Å²) in [5.74, 6) is -0.440. The Morgan fingerprint density at radius 1 is 1.20 bits per heavy atom. The van der Waals surface area contributed by atoms with Crippen molar-refractivity contribution < 1.29 is 33.1 Å². The SMILES string of the molecule is COc1cc(C(=O)/C=C/c2ccc(COc3cc(F)ccc3[N+](=O)[O-])o2)ccc1O. The molecule has 9 heteroatoms. The van der Waals surface area contributed by atoms with Crippen LogP contribution in [0.3, 0.4) is 0 Å².